The van der Waals surface area contributed by atoms with Crippen molar-refractivity contribution in [2.45, 2.75) is 20.3 Å². The maximum absolute atomic E-state index is 13.3. The van der Waals surface area contributed by atoms with Crippen molar-refractivity contribution in [2.24, 2.45) is 0 Å². The molecule has 0 unspecified atom stereocenters. The van der Waals surface area contributed by atoms with Crippen LogP contribution in [0, 0.1) is 0 Å². The third-order valence-electron chi connectivity index (χ3n) is 5.58. The van der Waals surface area contributed by atoms with Crippen molar-refractivity contribution in [2.75, 3.05) is 6.61 Å². The zero-order valence-corrected chi connectivity index (χ0v) is 19.3. The standard InChI is InChI=1S/C25H20ClN5O3/c1-3-19-21(15-5-9-17(26)10-6-15)23-28-27-22-20(31(23)29-19)13-14-30(24(22)32)18-11-7-16(8-12-18)25(33)34-4-2/h5-14H,3-4H2,1-2H3. The maximum atomic E-state index is 13.3. The number of aryl methyl sites for hydroxylation is 1. The van der Waals surface area contributed by atoms with Gasteiger partial charge in [0.1, 0.15) is 5.52 Å². The summed E-state index contributed by atoms with van der Waals surface area (Å²) in [5, 5.41) is 14.0. The molecule has 0 saturated carbocycles. The fraction of sp³-hybridized carbons (Fsp3) is 0.160. The summed E-state index contributed by atoms with van der Waals surface area (Å²) in [7, 11) is 0. The Balaban J connectivity index is 1.64. The van der Waals surface area contributed by atoms with Gasteiger partial charge in [0.2, 0.25) is 0 Å². The van der Waals surface area contributed by atoms with Crippen molar-refractivity contribution >= 4 is 34.3 Å². The highest BCUT2D eigenvalue weighted by Gasteiger charge is 2.19. The van der Waals surface area contributed by atoms with Crippen LogP contribution in [0.5, 0.6) is 0 Å². The molecule has 34 heavy (non-hydrogen) atoms. The number of esters is 1. The molecule has 170 valence electrons. The minimum Gasteiger partial charge on any atom is -0.462 e. The molecule has 9 heteroatoms. The molecule has 0 radical (unpaired) electrons. The SMILES string of the molecule is CCOC(=O)c1ccc(-n2ccc3c(nnc4c(-c5ccc(Cl)cc5)c(CC)nn43)c2=O)cc1. The lowest BCUT2D eigenvalue weighted by Gasteiger charge is -2.08. The number of ether oxygens (including phenoxy) is 1. The number of carbonyl (C=O) groups is 1. The van der Waals surface area contributed by atoms with Crippen molar-refractivity contribution in [3.63, 3.8) is 0 Å². The summed E-state index contributed by atoms with van der Waals surface area (Å²) in [6, 6.07) is 15.9. The molecule has 3 heterocycles. The van der Waals surface area contributed by atoms with Crippen LogP contribution in [-0.4, -0.2) is 37.0 Å². The number of fused-ring (bicyclic) bond motifs is 3. The summed E-state index contributed by atoms with van der Waals surface area (Å²) in [4.78, 5) is 25.2. The van der Waals surface area contributed by atoms with Gasteiger partial charge in [-0.1, -0.05) is 30.7 Å². The first-order chi connectivity index (χ1) is 16.5. The van der Waals surface area contributed by atoms with Gasteiger partial charge in [-0.3, -0.25) is 9.36 Å². The molecule has 0 N–H and O–H groups in total. The van der Waals surface area contributed by atoms with Crippen LogP contribution in [0.3, 0.4) is 0 Å². The Kier molecular flexibility index (Phi) is 5.59. The van der Waals surface area contributed by atoms with E-state index in [1.807, 2.05) is 31.2 Å². The van der Waals surface area contributed by atoms with Gasteiger partial charge >= 0.3 is 5.97 Å². The van der Waals surface area contributed by atoms with Crippen LogP contribution < -0.4 is 5.56 Å². The number of rotatable bonds is 5. The summed E-state index contributed by atoms with van der Waals surface area (Å²) in [6.07, 6.45) is 2.35. The highest BCUT2D eigenvalue weighted by atomic mass is 35.5. The molecule has 5 aromatic rings. The molecule has 0 fully saturated rings. The van der Waals surface area contributed by atoms with E-state index in [1.54, 1.807) is 48.0 Å². The molecule has 0 saturated heterocycles. The number of nitrogens with zero attached hydrogens (tertiary/aromatic N) is 5. The van der Waals surface area contributed by atoms with E-state index in [-0.39, 0.29) is 11.1 Å². The Labute approximate surface area is 199 Å². The van der Waals surface area contributed by atoms with E-state index in [4.69, 9.17) is 21.4 Å². The normalized spacial score (nSPS) is 11.3. The average Bonchev–Trinajstić information content (AvgIpc) is 3.24. The minimum absolute atomic E-state index is 0.192. The van der Waals surface area contributed by atoms with E-state index in [1.165, 1.54) is 4.57 Å². The number of benzene rings is 2. The zero-order valence-electron chi connectivity index (χ0n) is 18.5. The molecule has 3 aromatic heterocycles. The van der Waals surface area contributed by atoms with E-state index in [0.717, 1.165) is 16.8 Å². The Morgan fingerprint density at radius 3 is 2.41 bits per heavy atom. The number of hydrogen-bond donors (Lipinski definition) is 0. The second-order valence-corrected chi connectivity index (χ2v) is 8.05. The quantitative estimate of drug-likeness (QED) is 0.349. The molecule has 0 bridgehead atoms. The molecule has 0 spiro atoms. The highest BCUT2D eigenvalue weighted by Crippen LogP contribution is 2.30. The summed E-state index contributed by atoms with van der Waals surface area (Å²) < 4.78 is 8.14. The lowest BCUT2D eigenvalue weighted by molar-refractivity contribution is 0.0526. The van der Waals surface area contributed by atoms with Crippen LogP contribution >= 0.6 is 11.6 Å². The van der Waals surface area contributed by atoms with Crippen molar-refractivity contribution in [3.05, 3.63) is 87.4 Å². The highest BCUT2D eigenvalue weighted by molar-refractivity contribution is 6.30. The van der Waals surface area contributed by atoms with Gasteiger partial charge < -0.3 is 4.74 Å². The van der Waals surface area contributed by atoms with Gasteiger partial charge in [0.25, 0.3) is 5.56 Å². The van der Waals surface area contributed by atoms with Crippen LogP contribution in [0.15, 0.2) is 65.6 Å². The number of hydrogen-bond acceptors (Lipinski definition) is 6. The van der Waals surface area contributed by atoms with E-state index in [9.17, 15) is 9.59 Å². The molecule has 0 aliphatic heterocycles. The third-order valence-corrected chi connectivity index (χ3v) is 5.83. The predicted molar refractivity (Wildman–Crippen MR) is 130 cm³/mol. The number of halogens is 1. The number of aromatic nitrogens is 5. The first-order valence-electron chi connectivity index (χ1n) is 10.8. The van der Waals surface area contributed by atoms with Gasteiger partial charge in [0.15, 0.2) is 11.2 Å². The van der Waals surface area contributed by atoms with Gasteiger partial charge in [-0.15, -0.1) is 10.2 Å². The van der Waals surface area contributed by atoms with Crippen molar-refractivity contribution in [3.8, 4) is 16.8 Å². The molecule has 0 atom stereocenters. The monoisotopic (exact) mass is 473 g/mol. The Morgan fingerprint density at radius 2 is 1.74 bits per heavy atom. The second kappa shape index (κ2) is 8.72. The minimum atomic E-state index is -0.407. The third kappa shape index (κ3) is 3.62. The molecule has 8 nitrogen and oxygen atoms in total. The predicted octanol–water partition coefficient (Wildman–Crippen LogP) is 4.49. The van der Waals surface area contributed by atoms with E-state index < -0.39 is 5.97 Å². The number of carbonyl (C=O) groups excluding carboxylic acids is 1. The van der Waals surface area contributed by atoms with Crippen LogP contribution in [-0.2, 0) is 11.2 Å². The van der Waals surface area contributed by atoms with Crippen molar-refractivity contribution in [1.29, 1.82) is 0 Å². The van der Waals surface area contributed by atoms with Gasteiger partial charge in [-0.05, 0) is 61.4 Å². The Bertz CT molecular complexity index is 1590. The maximum Gasteiger partial charge on any atom is 0.338 e. The summed E-state index contributed by atoms with van der Waals surface area (Å²) in [6.45, 7) is 4.06. The van der Waals surface area contributed by atoms with Crippen LogP contribution in [0.4, 0.5) is 0 Å². The van der Waals surface area contributed by atoms with Crippen LogP contribution in [0.1, 0.15) is 29.9 Å². The number of pyridine rings is 1. The Morgan fingerprint density at radius 1 is 1.00 bits per heavy atom. The molecule has 0 aliphatic rings. The summed E-state index contributed by atoms with van der Waals surface area (Å²) in [5.74, 6) is -0.407. The molecule has 5 rings (SSSR count). The molecule has 0 aliphatic carbocycles. The first-order valence-corrected chi connectivity index (χ1v) is 11.2. The Hall–Kier alpha value is -4.04. The smallest absolute Gasteiger partial charge is 0.338 e. The molecule has 0 amide bonds. The van der Waals surface area contributed by atoms with Crippen molar-refractivity contribution in [1.82, 2.24) is 24.4 Å². The largest absolute Gasteiger partial charge is 0.462 e. The van der Waals surface area contributed by atoms with Gasteiger partial charge in [0, 0.05) is 16.9 Å². The molecule has 2 aromatic carbocycles. The average molecular weight is 474 g/mol. The van der Waals surface area contributed by atoms with E-state index in [0.29, 0.717) is 40.5 Å². The second-order valence-electron chi connectivity index (χ2n) is 7.61. The van der Waals surface area contributed by atoms with Gasteiger partial charge in [0.05, 0.1) is 23.4 Å². The van der Waals surface area contributed by atoms with Gasteiger partial charge in [-0.2, -0.15) is 5.10 Å². The summed E-state index contributed by atoms with van der Waals surface area (Å²) in [5.41, 5.74) is 4.65. The van der Waals surface area contributed by atoms with E-state index in [2.05, 4.69) is 10.2 Å². The van der Waals surface area contributed by atoms with Crippen LogP contribution in [0.25, 0.3) is 33.5 Å². The van der Waals surface area contributed by atoms with Crippen LogP contribution in [0.2, 0.25) is 5.02 Å². The van der Waals surface area contributed by atoms with Gasteiger partial charge in [-0.25, -0.2) is 9.31 Å². The van der Waals surface area contributed by atoms with Crippen molar-refractivity contribution < 1.29 is 9.53 Å². The lowest BCUT2D eigenvalue weighted by atomic mass is 10.0. The molecular formula is C25H20ClN5O3. The fourth-order valence-electron chi connectivity index (χ4n) is 3.93. The lowest BCUT2D eigenvalue weighted by Crippen LogP contribution is -2.20. The fourth-order valence-corrected chi connectivity index (χ4v) is 4.05. The molecular weight excluding hydrogens is 454 g/mol. The topological polar surface area (TPSA) is 91.4 Å². The summed E-state index contributed by atoms with van der Waals surface area (Å²) >= 11 is 6.06. The zero-order chi connectivity index (χ0) is 23.8. The van der Waals surface area contributed by atoms with E-state index >= 15 is 0 Å². The first kappa shape index (κ1) is 21.8.